The number of amides is 1. The minimum absolute atomic E-state index is 0.169. The topological polar surface area (TPSA) is 67.6 Å². The molecule has 1 atom stereocenters. The van der Waals surface area contributed by atoms with E-state index in [-0.39, 0.29) is 12.5 Å². The van der Waals surface area contributed by atoms with E-state index in [0.717, 1.165) is 25.2 Å². The van der Waals surface area contributed by atoms with Crippen LogP contribution in [0.4, 0.5) is 0 Å². The van der Waals surface area contributed by atoms with Crippen molar-refractivity contribution < 1.29 is 9.53 Å². The number of nitrogens with two attached hydrogens (primary N) is 1. The highest BCUT2D eigenvalue weighted by Gasteiger charge is 2.15. The molecule has 21 heavy (non-hydrogen) atoms. The first-order valence-electron chi connectivity index (χ1n) is 7.45. The maximum Gasteiger partial charge on any atom is 0.250 e. The molecule has 0 aliphatic heterocycles. The Balaban J connectivity index is 2.68. The molecule has 1 aromatic carbocycles. The van der Waals surface area contributed by atoms with Gasteiger partial charge >= 0.3 is 0 Å². The number of nitrogens with zero attached hydrogens (tertiary/aromatic N) is 1. The molecule has 5 nitrogen and oxygen atoms in total. The fraction of sp³-hybridized carbons (Fsp3) is 0.562. The predicted octanol–water partition coefficient (Wildman–Crippen LogP) is 1.12. The Bertz CT molecular complexity index is 429. The summed E-state index contributed by atoms with van der Waals surface area (Å²) in [5.41, 5.74) is 7.86. The van der Waals surface area contributed by atoms with Gasteiger partial charge in [0.15, 0.2) is 0 Å². The van der Waals surface area contributed by atoms with Crippen molar-refractivity contribution in [3.63, 3.8) is 0 Å². The number of carbonyl (C=O) groups is 1. The maximum atomic E-state index is 11.9. The number of hydrogen-bond acceptors (Lipinski definition) is 4. The molecule has 0 bridgehead atoms. The summed E-state index contributed by atoms with van der Waals surface area (Å²) in [5, 5.41) is 2.89. The van der Waals surface area contributed by atoms with E-state index in [1.54, 1.807) is 0 Å². The molecule has 1 aromatic rings. The van der Waals surface area contributed by atoms with E-state index >= 15 is 0 Å². The van der Waals surface area contributed by atoms with Crippen molar-refractivity contribution in [2.24, 2.45) is 5.73 Å². The second-order valence-corrected chi connectivity index (χ2v) is 4.91. The van der Waals surface area contributed by atoms with Gasteiger partial charge in [-0.05, 0) is 24.2 Å². The van der Waals surface area contributed by atoms with Gasteiger partial charge in [-0.2, -0.15) is 0 Å². The lowest BCUT2D eigenvalue weighted by Crippen LogP contribution is -2.40. The maximum absolute atomic E-state index is 11.9. The van der Waals surface area contributed by atoms with E-state index < -0.39 is 6.10 Å². The molecule has 0 saturated carbocycles. The Hall–Kier alpha value is -1.43. The third kappa shape index (κ3) is 5.46. The molecule has 1 rings (SSSR count). The Morgan fingerprint density at radius 2 is 1.90 bits per heavy atom. The summed E-state index contributed by atoms with van der Waals surface area (Å²) in [5.74, 6) is -0.169. The van der Waals surface area contributed by atoms with Gasteiger partial charge in [-0.15, -0.1) is 0 Å². The third-order valence-corrected chi connectivity index (χ3v) is 3.65. The molecule has 0 radical (unpaired) electrons. The average molecular weight is 293 g/mol. The molecule has 0 aromatic heterocycles. The van der Waals surface area contributed by atoms with Crippen molar-refractivity contribution >= 4 is 5.91 Å². The molecule has 1 unspecified atom stereocenters. The van der Waals surface area contributed by atoms with E-state index in [4.69, 9.17) is 10.5 Å². The number of benzene rings is 1. The molecule has 0 aliphatic carbocycles. The van der Waals surface area contributed by atoms with Crippen LogP contribution >= 0.6 is 0 Å². The highest BCUT2D eigenvalue weighted by atomic mass is 16.5. The first kappa shape index (κ1) is 17.6. The summed E-state index contributed by atoms with van der Waals surface area (Å²) in [7, 11) is 1.49. The summed E-state index contributed by atoms with van der Waals surface area (Å²) >= 11 is 0. The number of nitrogens with one attached hydrogen (secondary N) is 1. The Labute approximate surface area is 127 Å². The molecular weight excluding hydrogens is 266 g/mol. The van der Waals surface area contributed by atoms with E-state index in [9.17, 15) is 4.79 Å². The first-order chi connectivity index (χ1) is 10.2. The van der Waals surface area contributed by atoms with Crippen LogP contribution in [0.2, 0.25) is 0 Å². The normalized spacial score (nSPS) is 12.4. The van der Waals surface area contributed by atoms with Crippen LogP contribution in [0, 0.1) is 0 Å². The number of rotatable bonds is 9. The molecule has 0 saturated heterocycles. The average Bonchev–Trinajstić information content (AvgIpc) is 2.52. The van der Waals surface area contributed by atoms with Gasteiger partial charge < -0.3 is 15.8 Å². The number of hydrogen-bond donors (Lipinski definition) is 2. The van der Waals surface area contributed by atoms with Crippen LogP contribution in [0.25, 0.3) is 0 Å². The molecule has 0 spiro atoms. The third-order valence-electron chi connectivity index (χ3n) is 3.65. The van der Waals surface area contributed by atoms with E-state index in [2.05, 4.69) is 30.1 Å². The van der Waals surface area contributed by atoms with Crippen LogP contribution in [0.15, 0.2) is 24.3 Å². The fourth-order valence-electron chi connectivity index (χ4n) is 2.18. The van der Waals surface area contributed by atoms with E-state index in [1.165, 1.54) is 12.7 Å². The van der Waals surface area contributed by atoms with Gasteiger partial charge in [0.2, 0.25) is 0 Å². The summed E-state index contributed by atoms with van der Waals surface area (Å²) < 4.78 is 5.03. The smallest absolute Gasteiger partial charge is 0.250 e. The molecule has 1 amide bonds. The standard InChI is InChI=1S/C16H27N3O2/c1-4-19(5-2)12-14-9-7-6-8-13(14)11-18-16(20)15(10-17)21-3/h6-9,15H,4-5,10-12,17H2,1-3H3,(H,18,20). The molecule has 0 fully saturated rings. The van der Waals surface area contributed by atoms with Gasteiger partial charge in [0.1, 0.15) is 6.10 Å². The van der Waals surface area contributed by atoms with Crippen LogP contribution < -0.4 is 11.1 Å². The lowest BCUT2D eigenvalue weighted by molar-refractivity contribution is -0.130. The van der Waals surface area contributed by atoms with Crippen LogP contribution in [-0.4, -0.2) is 43.7 Å². The van der Waals surface area contributed by atoms with Crippen molar-refractivity contribution in [3.8, 4) is 0 Å². The van der Waals surface area contributed by atoms with E-state index in [0.29, 0.717) is 6.54 Å². The van der Waals surface area contributed by atoms with Crippen LogP contribution in [0.5, 0.6) is 0 Å². The number of methoxy groups -OCH3 is 1. The first-order valence-corrected chi connectivity index (χ1v) is 7.45. The highest BCUT2D eigenvalue weighted by molar-refractivity contribution is 5.81. The zero-order chi connectivity index (χ0) is 15.7. The van der Waals surface area contributed by atoms with E-state index in [1.807, 2.05) is 18.2 Å². The minimum Gasteiger partial charge on any atom is -0.370 e. The quantitative estimate of drug-likeness (QED) is 0.716. The van der Waals surface area contributed by atoms with Crippen molar-refractivity contribution in [1.29, 1.82) is 0 Å². The lowest BCUT2D eigenvalue weighted by atomic mass is 10.1. The Kier molecular flexibility index (Phi) is 7.97. The Morgan fingerprint density at radius 1 is 1.29 bits per heavy atom. The number of ether oxygens (including phenoxy) is 1. The molecule has 0 aliphatic rings. The molecule has 0 heterocycles. The van der Waals surface area contributed by atoms with Gasteiger partial charge in [0.05, 0.1) is 0 Å². The van der Waals surface area contributed by atoms with Crippen molar-refractivity contribution in [3.05, 3.63) is 35.4 Å². The predicted molar refractivity (Wildman–Crippen MR) is 84.8 cm³/mol. The molecular formula is C16H27N3O2. The van der Waals surface area contributed by atoms with Gasteiger partial charge in [-0.25, -0.2) is 0 Å². The summed E-state index contributed by atoms with van der Waals surface area (Å²) in [6.45, 7) is 7.89. The largest absolute Gasteiger partial charge is 0.370 e. The van der Waals surface area contributed by atoms with Crippen LogP contribution in [0.1, 0.15) is 25.0 Å². The van der Waals surface area contributed by atoms with Gasteiger partial charge in [0, 0.05) is 26.7 Å². The summed E-state index contributed by atoms with van der Waals surface area (Å²) in [4.78, 5) is 14.2. The van der Waals surface area contributed by atoms with Crippen LogP contribution in [0.3, 0.4) is 0 Å². The zero-order valence-corrected chi connectivity index (χ0v) is 13.3. The van der Waals surface area contributed by atoms with Gasteiger partial charge in [-0.3, -0.25) is 9.69 Å². The van der Waals surface area contributed by atoms with Crippen molar-refractivity contribution in [1.82, 2.24) is 10.2 Å². The second-order valence-electron chi connectivity index (χ2n) is 4.91. The number of carbonyl (C=O) groups excluding carboxylic acids is 1. The van der Waals surface area contributed by atoms with Crippen molar-refractivity contribution in [2.45, 2.75) is 33.0 Å². The Morgan fingerprint density at radius 3 is 2.43 bits per heavy atom. The molecule has 5 heteroatoms. The minimum atomic E-state index is -0.583. The molecule has 3 N–H and O–H groups in total. The van der Waals surface area contributed by atoms with Crippen LogP contribution in [-0.2, 0) is 22.6 Å². The van der Waals surface area contributed by atoms with Gasteiger partial charge in [-0.1, -0.05) is 38.1 Å². The second kappa shape index (κ2) is 9.50. The summed E-state index contributed by atoms with van der Waals surface area (Å²) in [6, 6.07) is 8.17. The highest BCUT2D eigenvalue weighted by Crippen LogP contribution is 2.11. The van der Waals surface area contributed by atoms with Gasteiger partial charge in [0.25, 0.3) is 5.91 Å². The molecule has 118 valence electrons. The zero-order valence-electron chi connectivity index (χ0n) is 13.3. The van der Waals surface area contributed by atoms with Crippen molar-refractivity contribution in [2.75, 3.05) is 26.7 Å². The monoisotopic (exact) mass is 293 g/mol. The fourth-order valence-corrected chi connectivity index (χ4v) is 2.18. The lowest BCUT2D eigenvalue weighted by Gasteiger charge is -2.20. The SMILES string of the molecule is CCN(CC)Cc1ccccc1CNC(=O)C(CN)OC. The summed E-state index contributed by atoms with van der Waals surface area (Å²) in [6.07, 6.45) is -0.583.